The molecule has 0 aliphatic carbocycles. The maximum atomic E-state index is 13.4. The molecule has 2 aromatic carbocycles. The molecule has 0 aliphatic heterocycles. The van der Waals surface area contributed by atoms with Crippen LogP contribution >= 0.6 is 11.6 Å². The van der Waals surface area contributed by atoms with Crippen LogP contribution in [0.1, 0.15) is 20.7 Å². The van der Waals surface area contributed by atoms with Crippen molar-refractivity contribution in [2.45, 2.75) is 0 Å². The number of carbonyl (C=O) groups excluding carboxylic acids is 2. The molecule has 0 saturated heterocycles. The van der Waals surface area contributed by atoms with Crippen molar-refractivity contribution in [1.82, 2.24) is 10.9 Å². The fourth-order valence-corrected chi connectivity index (χ4v) is 1.88. The third kappa shape index (κ3) is 3.80. The summed E-state index contributed by atoms with van der Waals surface area (Å²) in [4.78, 5) is 33.6. The van der Waals surface area contributed by atoms with Crippen molar-refractivity contribution in [3.05, 3.63) is 74.5 Å². The van der Waals surface area contributed by atoms with Crippen LogP contribution in [-0.2, 0) is 0 Å². The zero-order valence-electron chi connectivity index (χ0n) is 11.4. The molecule has 2 amide bonds. The average Bonchev–Trinajstić information content (AvgIpc) is 2.52. The quantitative estimate of drug-likeness (QED) is 0.663. The first-order valence-corrected chi connectivity index (χ1v) is 6.57. The molecule has 0 atom stereocenters. The fourth-order valence-electron chi connectivity index (χ4n) is 1.69. The molecule has 2 N–H and O–H groups in total. The van der Waals surface area contributed by atoms with E-state index >= 15 is 0 Å². The van der Waals surface area contributed by atoms with Crippen molar-refractivity contribution in [1.29, 1.82) is 0 Å². The van der Waals surface area contributed by atoms with Crippen molar-refractivity contribution in [2.24, 2.45) is 0 Å². The van der Waals surface area contributed by atoms with Gasteiger partial charge in [-0.15, -0.1) is 0 Å². The summed E-state index contributed by atoms with van der Waals surface area (Å²) in [6, 6.07) is 8.61. The number of benzene rings is 2. The molecule has 0 unspecified atom stereocenters. The van der Waals surface area contributed by atoms with Crippen LogP contribution in [0.4, 0.5) is 10.1 Å². The first-order chi connectivity index (χ1) is 10.9. The molecular weight excluding hydrogens is 329 g/mol. The van der Waals surface area contributed by atoms with Gasteiger partial charge >= 0.3 is 0 Å². The van der Waals surface area contributed by atoms with Crippen LogP contribution < -0.4 is 10.9 Å². The van der Waals surface area contributed by atoms with Gasteiger partial charge in [0, 0.05) is 11.6 Å². The van der Waals surface area contributed by atoms with Gasteiger partial charge in [0.25, 0.3) is 17.5 Å². The molecule has 2 rings (SSSR count). The molecule has 0 aromatic heterocycles. The highest BCUT2D eigenvalue weighted by Gasteiger charge is 2.17. The van der Waals surface area contributed by atoms with Gasteiger partial charge < -0.3 is 0 Å². The topological polar surface area (TPSA) is 101 Å². The van der Waals surface area contributed by atoms with E-state index in [1.54, 1.807) is 0 Å². The van der Waals surface area contributed by atoms with Crippen molar-refractivity contribution in [3.8, 4) is 0 Å². The van der Waals surface area contributed by atoms with Gasteiger partial charge in [-0.25, -0.2) is 4.39 Å². The number of hydrazine groups is 1. The maximum absolute atomic E-state index is 13.4. The second-order valence-corrected chi connectivity index (χ2v) is 4.72. The molecule has 7 nitrogen and oxygen atoms in total. The largest absolute Gasteiger partial charge is 0.288 e. The van der Waals surface area contributed by atoms with Crippen molar-refractivity contribution < 1.29 is 18.9 Å². The summed E-state index contributed by atoms with van der Waals surface area (Å²) >= 11 is 5.64. The molecule has 0 bridgehead atoms. The van der Waals surface area contributed by atoms with Gasteiger partial charge in [0.05, 0.1) is 10.5 Å². The summed E-state index contributed by atoms with van der Waals surface area (Å²) in [7, 11) is 0. The Morgan fingerprint density at radius 2 is 1.74 bits per heavy atom. The third-order valence-corrected chi connectivity index (χ3v) is 3.13. The van der Waals surface area contributed by atoms with Gasteiger partial charge in [-0.3, -0.25) is 30.6 Å². The molecule has 0 aliphatic rings. The van der Waals surface area contributed by atoms with Crippen LogP contribution in [0.15, 0.2) is 42.5 Å². The van der Waals surface area contributed by atoms with Gasteiger partial charge in [0.1, 0.15) is 10.8 Å². The Hall–Kier alpha value is -3.00. The Morgan fingerprint density at radius 3 is 2.39 bits per heavy atom. The van der Waals surface area contributed by atoms with E-state index in [-0.39, 0.29) is 16.1 Å². The Balaban J connectivity index is 2.08. The van der Waals surface area contributed by atoms with E-state index in [2.05, 4.69) is 0 Å². The second-order valence-electron chi connectivity index (χ2n) is 4.31. The first kappa shape index (κ1) is 16.4. The number of nitrogens with one attached hydrogen (secondary N) is 2. The lowest BCUT2D eigenvalue weighted by Gasteiger charge is -2.08. The SMILES string of the molecule is O=C(NNC(=O)c1ccccc1F)c1ccc(Cl)c([N+](=O)[O-])c1. The molecule has 118 valence electrons. The number of nitro groups is 1. The zero-order chi connectivity index (χ0) is 17.0. The van der Waals surface area contributed by atoms with Crippen molar-refractivity contribution in [2.75, 3.05) is 0 Å². The molecule has 0 saturated carbocycles. The lowest BCUT2D eigenvalue weighted by molar-refractivity contribution is -0.384. The monoisotopic (exact) mass is 337 g/mol. The van der Waals surface area contributed by atoms with E-state index in [9.17, 15) is 24.1 Å². The Bertz CT molecular complexity index is 797. The van der Waals surface area contributed by atoms with Crippen LogP contribution in [0.3, 0.4) is 0 Å². The Morgan fingerprint density at radius 1 is 1.09 bits per heavy atom. The van der Waals surface area contributed by atoms with E-state index in [1.807, 2.05) is 10.9 Å². The number of halogens is 2. The van der Waals surface area contributed by atoms with E-state index in [0.29, 0.717) is 0 Å². The molecular formula is C14H9ClFN3O4. The first-order valence-electron chi connectivity index (χ1n) is 6.19. The number of hydrogen-bond acceptors (Lipinski definition) is 4. The van der Waals surface area contributed by atoms with Crippen molar-refractivity contribution >= 4 is 29.1 Å². The highest BCUT2D eigenvalue weighted by molar-refractivity contribution is 6.32. The molecule has 23 heavy (non-hydrogen) atoms. The highest BCUT2D eigenvalue weighted by Crippen LogP contribution is 2.24. The van der Waals surface area contributed by atoms with Gasteiger partial charge in [0.15, 0.2) is 0 Å². The number of nitro benzene ring substituents is 1. The van der Waals surface area contributed by atoms with Crippen LogP contribution in [-0.4, -0.2) is 16.7 Å². The van der Waals surface area contributed by atoms with Crippen LogP contribution in [0, 0.1) is 15.9 Å². The lowest BCUT2D eigenvalue weighted by Crippen LogP contribution is -2.41. The molecule has 2 aromatic rings. The zero-order valence-corrected chi connectivity index (χ0v) is 12.1. The molecule has 0 radical (unpaired) electrons. The molecule has 0 fully saturated rings. The van der Waals surface area contributed by atoms with Gasteiger partial charge in [-0.05, 0) is 24.3 Å². The minimum absolute atomic E-state index is 0.0880. The van der Waals surface area contributed by atoms with Crippen LogP contribution in [0.25, 0.3) is 0 Å². The summed E-state index contributed by atoms with van der Waals surface area (Å²) in [5.74, 6) is -2.42. The number of amides is 2. The number of carbonyl (C=O) groups is 2. The normalized spacial score (nSPS) is 10.0. The summed E-state index contributed by atoms with van der Waals surface area (Å²) in [5.41, 5.74) is 3.27. The number of hydrogen-bond donors (Lipinski definition) is 2. The predicted molar refractivity (Wildman–Crippen MR) is 79.4 cm³/mol. The summed E-state index contributed by atoms with van der Waals surface area (Å²) in [6.07, 6.45) is 0. The number of rotatable bonds is 3. The number of nitrogens with zero attached hydrogens (tertiary/aromatic N) is 1. The fraction of sp³-hybridized carbons (Fsp3) is 0. The third-order valence-electron chi connectivity index (χ3n) is 2.81. The van der Waals surface area contributed by atoms with E-state index in [0.717, 1.165) is 12.1 Å². The average molecular weight is 338 g/mol. The van der Waals surface area contributed by atoms with E-state index in [4.69, 9.17) is 11.6 Å². The van der Waals surface area contributed by atoms with Crippen LogP contribution in [0.5, 0.6) is 0 Å². The Labute approximate surface area is 134 Å². The van der Waals surface area contributed by atoms with Crippen molar-refractivity contribution in [3.63, 3.8) is 0 Å². The molecule has 0 heterocycles. The second kappa shape index (κ2) is 6.84. The molecule has 0 spiro atoms. The minimum Gasteiger partial charge on any atom is -0.267 e. The summed E-state index contributed by atoms with van der Waals surface area (Å²) in [6.45, 7) is 0. The molecule has 9 heteroatoms. The van der Waals surface area contributed by atoms with Crippen LogP contribution in [0.2, 0.25) is 5.02 Å². The minimum atomic E-state index is -0.861. The van der Waals surface area contributed by atoms with Gasteiger partial charge in [0.2, 0.25) is 0 Å². The van der Waals surface area contributed by atoms with Gasteiger partial charge in [-0.2, -0.15) is 0 Å². The predicted octanol–water partition coefficient (Wildman–Crippen LogP) is 2.46. The smallest absolute Gasteiger partial charge is 0.267 e. The van der Waals surface area contributed by atoms with E-state index < -0.39 is 28.2 Å². The Kier molecular flexibility index (Phi) is 4.87. The van der Waals surface area contributed by atoms with Gasteiger partial charge in [-0.1, -0.05) is 23.7 Å². The maximum Gasteiger partial charge on any atom is 0.288 e. The highest BCUT2D eigenvalue weighted by atomic mass is 35.5. The lowest BCUT2D eigenvalue weighted by atomic mass is 10.2. The van der Waals surface area contributed by atoms with E-state index in [1.165, 1.54) is 30.3 Å². The summed E-state index contributed by atoms with van der Waals surface area (Å²) < 4.78 is 13.4. The summed E-state index contributed by atoms with van der Waals surface area (Å²) in [5, 5.41) is 10.6. The standard InChI is InChI=1S/C14H9ClFN3O4/c15-10-6-5-8(7-12(10)19(22)23)13(20)17-18-14(21)9-3-1-2-4-11(9)16/h1-7H,(H,17,20)(H,18,21).